The second-order valence-corrected chi connectivity index (χ2v) is 7.98. The van der Waals surface area contributed by atoms with Crippen LogP contribution in [-0.2, 0) is 20.6 Å². The molecule has 0 amide bonds. The number of nitrogens with zero attached hydrogens (tertiary/aromatic N) is 1. The Morgan fingerprint density at radius 3 is 2.83 bits per heavy atom. The van der Waals surface area contributed by atoms with Crippen molar-refractivity contribution in [2.45, 2.75) is 36.1 Å². The first-order chi connectivity index (χ1) is 8.45. The van der Waals surface area contributed by atoms with E-state index in [4.69, 9.17) is 16.3 Å². The van der Waals surface area contributed by atoms with Crippen molar-refractivity contribution in [1.29, 1.82) is 0 Å². The number of hydrogen-bond acceptors (Lipinski definition) is 4. The lowest BCUT2D eigenvalue weighted by Crippen LogP contribution is -2.49. The summed E-state index contributed by atoms with van der Waals surface area (Å²) >= 11 is 6.94. The lowest BCUT2D eigenvalue weighted by Gasteiger charge is -2.35. The van der Waals surface area contributed by atoms with Crippen LogP contribution in [0.25, 0.3) is 0 Å². The minimum atomic E-state index is -3.42. The lowest BCUT2D eigenvalue weighted by atomic mass is 10.2. The maximum Gasteiger partial charge on any atom is 0.252 e. The first kappa shape index (κ1) is 14.3. The first-order valence-electron chi connectivity index (χ1n) is 5.73. The van der Waals surface area contributed by atoms with Crippen molar-refractivity contribution in [2.24, 2.45) is 0 Å². The van der Waals surface area contributed by atoms with Gasteiger partial charge in [0.25, 0.3) is 10.0 Å². The Morgan fingerprint density at radius 2 is 2.22 bits per heavy atom. The van der Waals surface area contributed by atoms with Crippen molar-refractivity contribution >= 4 is 33.0 Å². The number of sulfonamides is 1. The van der Waals surface area contributed by atoms with Crippen LogP contribution < -0.4 is 0 Å². The average Bonchev–Trinajstić information content (AvgIpc) is 2.81. The number of rotatable bonds is 3. The van der Waals surface area contributed by atoms with Crippen LogP contribution in [0.4, 0.5) is 0 Å². The van der Waals surface area contributed by atoms with Crippen LogP contribution in [0.2, 0.25) is 0 Å². The van der Waals surface area contributed by atoms with E-state index in [1.165, 1.54) is 15.6 Å². The molecule has 2 heterocycles. The van der Waals surface area contributed by atoms with Crippen LogP contribution in [0.3, 0.4) is 0 Å². The molecule has 0 N–H and O–H groups in total. The lowest BCUT2D eigenvalue weighted by molar-refractivity contribution is -0.0170. The molecule has 18 heavy (non-hydrogen) atoms. The molecule has 2 atom stereocenters. The van der Waals surface area contributed by atoms with Gasteiger partial charge in [-0.1, -0.05) is 0 Å². The molecule has 0 spiro atoms. The summed E-state index contributed by atoms with van der Waals surface area (Å²) in [6.45, 7) is 4.58. The zero-order chi connectivity index (χ0) is 13.3. The Labute approximate surface area is 117 Å². The van der Waals surface area contributed by atoms with E-state index in [9.17, 15) is 8.42 Å². The van der Waals surface area contributed by atoms with Crippen molar-refractivity contribution in [3.63, 3.8) is 0 Å². The van der Waals surface area contributed by atoms with Crippen LogP contribution in [0.5, 0.6) is 0 Å². The summed E-state index contributed by atoms with van der Waals surface area (Å²) < 4.78 is 32.4. The average molecular weight is 310 g/mol. The Bertz CT molecular complexity index is 514. The number of ether oxygens (including phenoxy) is 1. The van der Waals surface area contributed by atoms with E-state index in [2.05, 4.69) is 0 Å². The van der Waals surface area contributed by atoms with Gasteiger partial charge in [-0.3, -0.25) is 0 Å². The molecule has 1 aromatic heterocycles. The number of alkyl halides is 1. The fourth-order valence-corrected chi connectivity index (χ4v) is 5.17. The highest BCUT2D eigenvalue weighted by Crippen LogP contribution is 2.28. The van der Waals surface area contributed by atoms with Crippen molar-refractivity contribution in [3.05, 3.63) is 17.0 Å². The molecular weight excluding hydrogens is 294 g/mol. The predicted molar refractivity (Wildman–Crippen MR) is 72.6 cm³/mol. The summed E-state index contributed by atoms with van der Waals surface area (Å²) in [6.07, 6.45) is -0.0663. The predicted octanol–water partition coefficient (Wildman–Crippen LogP) is 2.28. The van der Waals surface area contributed by atoms with Gasteiger partial charge in [0.15, 0.2) is 0 Å². The van der Waals surface area contributed by atoms with Crippen LogP contribution in [0.15, 0.2) is 16.3 Å². The number of halogens is 1. The Kier molecular flexibility index (Phi) is 4.33. The van der Waals surface area contributed by atoms with Crippen molar-refractivity contribution in [1.82, 2.24) is 4.31 Å². The van der Waals surface area contributed by atoms with Gasteiger partial charge < -0.3 is 4.74 Å². The second-order valence-electron chi connectivity index (χ2n) is 4.42. The molecule has 0 bridgehead atoms. The van der Waals surface area contributed by atoms with E-state index in [0.29, 0.717) is 23.2 Å². The molecule has 1 saturated heterocycles. The fraction of sp³-hybridized carbons (Fsp3) is 0.636. The van der Waals surface area contributed by atoms with E-state index >= 15 is 0 Å². The summed E-state index contributed by atoms with van der Waals surface area (Å²) in [5, 5.41) is 0. The molecule has 2 rings (SSSR count). The third-order valence-electron chi connectivity index (χ3n) is 2.88. The molecule has 1 aliphatic rings. The third-order valence-corrected chi connectivity index (χ3v) is 6.86. The monoisotopic (exact) mass is 309 g/mol. The summed E-state index contributed by atoms with van der Waals surface area (Å²) in [5.74, 6) is 0.343. The highest BCUT2D eigenvalue weighted by molar-refractivity contribution is 7.91. The van der Waals surface area contributed by atoms with Gasteiger partial charge in [-0.25, -0.2) is 8.42 Å². The van der Waals surface area contributed by atoms with Crippen LogP contribution >= 0.6 is 22.9 Å². The quantitative estimate of drug-likeness (QED) is 0.805. The van der Waals surface area contributed by atoms with Gasteiger partial charge in [0.05, 0.1) is 18.6 Å². The maximum absolute atomic E-state index is 12.5. The molecule has 0 radical (unpaired) electrons. The molecule has 1 aromatic rings. The Morgan fingerprint density at radius 1 is 1.50 bits per heavy atom. The summed E-state index contributed by atoms with van der Waals surface area (Å²) in [7, 11) is -3.42. The molecular formula is C11H16ClNO3S2. The van der Waals surface area contributed by atoms with E-state index in [1.54, 1.807) is 12.1 Å². The first-order valence-corrected chi connectivity index (χ1v) is 8.52. The molecule has 0 saturated carbocycles. The Hall–Kier alpha value is -0.140. The molecule has 1 fully saturated rings. The molecule has 4 nitrogen and oxygen atoms in total. The largest absolute Gasteiger partial charge is 0.375 e. The van der Waals surface area contributed by atoms with Crippen molar-refractivity contribution in [2.75, 3.05) is 13.2 Å². The summed E-state index contributed by atoms with van der Waals surface area (Å²) in [4.78, 5) is 0.865. The van der Waals surface area contributed by atoms with Gasteiger partial charge in [0.2, 0.25) is 0 Å². The SMILES string of the molecule is CC1CN(S(=O)(=O)c2ccc(CCl)s2)C(C)CO1. The molecule has 7 heteroatoms. The summed E-state index contributed by atoms with van der Waals surface area (Å²) in [5.41, 5.74) is 0. The maximum atomic E-state index is 12.5. The van der Waals surface area contributed by atoms with Crippen LogP contribution in [-0.4, -0.2) is 38.0 Å². The van der Waals surface area contributed by atoms with Crippen molar-refractivity contribution in [3.8, 4) is 0 Å². The minimum absolute atomic E-state index is 0.0663. The third kappa shape index (κ3) is 2.72. The zero-order valence-corrected chi connectivity index (χ0v) is 12.7. The molecule has 0 aromatic carbocycles. The normalized spacial score (nSPS) is 26.4. The number of hydrogen-bond donors (Lipinski definition) is 0. The van der Waals surface area contributed by atoms with E-state index in [1.807, 2.05) is 13.8 Å². The van der Waals surface area contributed by atoms with Gasteiger partial charge >= 0.3 is 0 Å². The highest BCUT2D eigenvalue weighted by Gasteiger charge is 2.34. The summed E-state index contributed by atoms with van der Waals surface area (Å²) in [6, 6.07) is 3.26. The fourth-order valence-electron chi connectivity index (χ4n) is 1.89. The van der Waals surface area contributed by atoms with Crippen LogP contribution in [0.1, 0.15) is 18.7 Å². The molecule has 1 aliphatic heterocycles. The minimum Gasteiger partial charge on any atom is -0.375 e. The van der Waals surface area contributed by atoms with Gasteiger partial charge in [-0.05, 0) is 26.0 Å². The van der Waals surface area contributed by atoms with Crippen molar-refractivity contribution < 1.29 is 13.2 Å². The van der Waals surface area contributed by atoms with Gasteiger partial charge in [0.1, 0.15) is 4.21 Å². The smallest absolute Gasteiger partial charge is 0.252 e. The second kappa shape index (κ2) is 5.46. The van der Waals surface area contributed by atoms with E-state index < -0.39 is 10.0 Å². The van der Waals surface area contributed by atoms with E-state index in [-0.39, 0.29) is 12.1 Å². The van der Waals surface area contributed by atoms with Gasteiger partial charge in [0, 0.05) is 17.5 Å². The molecule has 102 valence electrons. The van der Waals surface area contributed by atoms with Gasteiger partial charge in [-0.2, -0.15) is 4.31 Å². The topological polar surface area (TPSA) is 46.6 Å². The highest BCUT2D eigenvalue weighted by atomic mass is 35.5. The van der Waals surface area contributed by atoms with Gasteiger partial charge in [-0.15, -0.1) is 22.9 Å². The zero-order valence-electron chi connectivity index (χ0n) is 10.3. The van der Waals surface area contributed by atoms with E-state index in [0.717, 1.165) is 4.88 Å². The molecule has 2 unspecified atom stereocenters. The molecule has 0 aliphatic carbocycles. The number of morpholine rings is 1. The Balaban J connectivity index is 2.29. The number of thiophene rings is 1. The standard InChI is InChI=1S/C11H16ClNO3S2/c1-8-7-16-9(2)6-13(8)18(14,15)11-4-3-10(5-12)17-11/h3-4,8-9H,5-7H2,1-2H3. The van der Waals surface area contributed by atoms with Crippen LogP contribution in [0, 0.1) is 0 Å².